The Morgan fingerprint density at radius 2 is 1.45 bits per heavy atom. The smallest absolute Gasteiger partial charge is 0.340 e. The Morgan fingerprint density at radius 3 is 2.06 bits per heavy atom. The Bertz CT molecular complexity index is 1230. The number of hydrogen-bond acceptors (Lipinski definition) is 6. The fourth-order valence-corrected chi connectivity index (χ4v) is 4.83. The van der Waals surface area contributed by atoms with Gasteiger partial charge in [0.25, 0.3) is 5.91 Å². The van der Waals surface area contributed by atoms with Gasteiger partial charge >= 0.3 is 5.97 Å². The first-order valence-electron chi connectivity index (χ1n) is 9.26. The Balaban J connectivity index is 1.56. The highest BCUT2D eigenvalue weighted by Crippen LogP contribution is 2.47. The molecule has 1 aliphatic heterocycles. The summed E-state index contributed by atoms with van der Waals surface area (Å²) in [7, 11) is -3.58. The second kappa shape index (κ2) is 8.44. The number of esters is 1. The van der Waals surface area contributed by atoms with E-state index >= 15 is 0 Å². The topological polar surface area (TPSA) is 92.8 Å². The van der Waals surface area contributed by atoms with Crippen molar-refractivity contribution in [1.29, 1.82) is 0 Å². The van der Waals surface area contributed by atoms with E-state index in [4.69, 9.17) is 4.74 Å². The van der Waals surface area contributed by atoms with Crippen molar-refractivity contribution in [3.05, 3.63) is 78.4 Å². The van der Waals surface area contributed by atoms with Gasteiger partial charge in [0.05, 0.1) is 28.9 Å². The van der Waals surface area contributed by atoms with Gasteiger partial charge in [-0.25, -0.2) is 13.2 Å². The summed E-state index contributed by atoms with van der Waals surface area (Å²) < 4.78 is 30.6. The van der Waals surface area contributed by atoms with E-state index in [1.165, 1.54) is 17.0 Å². The number of fused-ring (bicyclic) bond motifs is 2. The van der Waals surface area contributed by atoms with Gasteiger partial charge in [0, 0.05) is 9.79 Å². The third-order valence-corrected chi connectivity index (χ3v) is 6.17. The number of hydrogen-bond donors (Lipinski definition) is 1. The van der Waals surface area contributed by atoms with Crippen LogP contribution in [0.4, 0.5) is 17.1 Å². The highest BCUT2D eigenvalue weighted by molar-refractivity contribution is 7.99. The summed E-state index contributed by atoms with van der Waals surface area (Å²) in [6.07, 6.45) is 0.988. The maximum Gasteiger partial charge on any atom is 0.340 e. The third kappa shape index (κ3) is 4.57. The molecule has 3 aromatic rings. The van der Waals surface area contributed by atoms with Gasteiger partial charge in [0.1, 0.15) is 0 Å². The lowest BCUT2D eigenvalue weighted by molar-refractivity contribution is -0.121. The maximum atomic E-state index is 13.1. The molecule has 1 N–H and O–H groups in total. The van der Waals surface area contributed by atoms with Crippen LogP contribution in [0, 0.1) is 0 Å². The minimum atomic E-state index is -3.58. The molecule has 0 bridgehead atoms. The highest BCUT2D eigenvalue weighted by atomic mass is 32.2. The van der Waals surface area contributed by atoms with Crippen molar-refractivity contribution in [1.82, 2.24) is 0 Å². The monoisotopic (exact) mass is 454 g/mol. The zero-order valence-corrected chi connectivity index (χ0v) is 18.1. The minimum absolute atomic E-state index is 0.0238. The van der Waals surface area contributed by atoms with Gasteiger partial charge in [0.2, 0.25) is 10.0 Å². The third-order valence-electron chi connectivity index (χ3n) is 4.45. The highest BCUT2D eigenvalue weighted by Gasteiger charge is 2.28. The van der Waals surface area contributed by atoms with Crippen LogP contribution in [0.25, 0.3) is 0 Å². The van der Waals surface area contributed by atoms with Crippen molar-refractivity contribution in [3.63, 3.8) is 0 Å². The van der Waals surface area contributed by atoms with Crippen LogP contribution in [0.5, 0.6) is 0 Å². The van der Waals surface area contributed by atoms with Crippen LogP contribution in [0.3, 0.4) is 0 Å². The van der Waals surface area contributed by atoms with E-state index in [2.05, 4.69) is 4.72 Å². The predicted molar refractivity (Wildman–Crippen MR) is 119 cm³/mol. The number of para-hydroxylation sites is 3. The van der Waals surface area contributed by atoms with Crippen LogP contribution in [-0.4, -0.2) is 33.2 Å². The summed E-state index contributed by atoms with van der Waals surface area (Å²) >= 11 is 1.57. The number of sulfonamides is 1. The first kappa shape index (κ1) is 21.0. The number of rotatable bonds is 5. The van der Waals surface area contributed by atoms with Crippen LogP contribution >= 0.6 is 11.8 Å². The molecule has 0 radical (unpaired) electrons. The molecule has 0 atom stereocenters. The van der Waals surface area contributed by atoms with E-state index in [9.17, 15) is 18.0 Å². The molecule has 0 saturated heterocycles. The van der Waals surface area contributed by atoms with E-state index in [1.54, 1.807) is 23.9 Å². The molecule has 0 fully saturated rings. The largest absolute Gasteiger partial charge is 0.452 e. The van der Waals surface area contributed by atoms with Crippen LogP contribution in [0.1, 0.15) is 10.4 Å². The van der Waals surface area contributed by atoms with Crippen molar-refractivity contribution >= 4 is 50.7 Å². The van der Waals surface area contributed by atoms with Crippen molar-refractivity contribution < 1.29 is 22.7 Å². The van der Waals surface area contributed by atoms with E-state index in [0.29, 0.717) is 11.4 Å². The molecule has 1 amide bonds. The van der Waals surface area contributed by atoms with Gasteiger partial charge in [-0.3, -0.25) is 14.4 Å². The SMILES string of the molecule is CS(=O)(=O)Nc1ccccc1C(=O)OCC(=O)N1c2ccccc2Sc2ccccc21. The molecule has 31 heavy (non-hydrogen) atoms. The standard InChI is InChI=1S/C22H18N2O5S2/c1-31(27,28)23-16-9-3-2-8-15(16)22(26)29-14-21(25)24-17-10-4-6-12-19(17)30-20-13-7-5-11-18(20)24/h2-13,23H,14H2,1H3. The molecule has 3 aromatic carbocycles. The molecule has 7 nitrogen and oxygen atoms in total. The number of nitrogens with one attached hydrogen (secondary N) is 1. The Kier molecular flexibility index (Phi) is 5.71. The van der Waals surface area contributed by atoms with Crippen LogP contribution in [-0.2, 0) is 19.6 Å². The number of benzene rings is 3. The van der Waals surface area contributed by atoms with Crippen LogP contribution in [0.2, 0.25) is 0 Å². The van der Waals surface area contributed by atoms with E-state index in [-0.39, 0.29) is 11.3 Å². The Labute approximate surface area is 184 Å². The molecule has 1 aliphatic rings. The Morgan fingerprint density at radius 1 is 0.903 bits per heavy atom. The molecule has 4 rings (SSSR count). The van der Waals surface area contributed by atoms with E-state index in [1.807, 2.05) is 48.5 Å². The summed E-state index contributed by atoms with van der Waals surface area (Å²) in [4.78, 5) is 29.1. The molecule has 0 aliphatic carbocycles. The Hall–Kier alpha value is -3.30. The van der Waals surface area contributed by atoms with Crippen LogP contribution < -0.4 is 9.62 Å². The lowest BCUT2D eigenvalue weighted by Crippen LogP contribution is -2.32. The molecule has 158 valence electrons. The summed E-state index contributed by atoms with van der Waals surface area (Å²) in [6, 6.07) is 21.1. The summed E-state index contributed by atoms with van der Waals surface area (Å²) in [5, 5.41) is 0. The summed E-state index contributed by atoms with van der Waals surface area (Å²) in [5.74, 6) is -1.21. The van der Waals surface area contributed by atoms with Gasteiger partial charge in [-0.1, -0.05) is 48.2 Å². The van der Waals surface area contributed by atoms with Crippen LogP contribution in [0.15, 0.2) is 82.6 Å². The summed E-state index contributed by atoms with van der Waals surface area (Å²) in [5.41, 5.74) is 1.54. The minimum Gasteiger partial charge on any atom is -0.452 e. The molecule has 0 unspecified atom stereocenters. The number of carbonyl (C=O) groups excluding carboxylic acids is 2. The second-order valence-corrected chi connectivity index (χ2v) is 9.59. The normalized spacial score (nSPS) is 12.5. The van der Waals surface area contributed by atoms with E-state index < -0.39 is 28.5 Å². The lowest BCUT2D eigenvalue weighted by atomic mass is 10.2. The molecule has 1 heterocycles. The van der Waals surface area contributed by atoms with E-state index in [0.717, 1.165) is 16.0 Å². The molecular weight excluding hydrogens is 436 g/mol. The predicted octanol–water partition coefficient (Wildman–Crippen LogP) is 4.04. The molecular formula is C22H18N2O5S2. The number of ether oxygens (including phenoxy) is 1. The number of anilines is 3. The van der Waals surface area contributed by atoms with Crippen molar-refractivity contribution in [2.24, 2.45) is 0 Å². The van der Waals surface area contributed by atoms with Gasteiger partial charge in [-0.05, 0) is 36.4 Å². The van der Waals surface area contributed by atoms with Crippen molar-refractivity contribution in [3.8, 4) is 0 Å². The lowest BCUT2D eigenvalue weighted by Gasteiger charge is -2.30. The second-order valence-electron chi connectivity index (χ2n) is 6.76. The van der Waals surface area contributed by atoms with Gasteiger partial charge in [-0.15, -0.1) is 0 Å². The molecule has 0 spiro atoms. The molecule has 0 aromatic heterocycles. The molecule has 9 heteroatoms. The van der Waals surface area contributed by atoms with Gasteiger partial charge in [0.15, 0.2) is 6.61 Å². The number of nitrogens with zero attached hydrogens (tertiary/aromatic N) is 1. The van der Waals surface area contributed by atoms with Gasteiger partial charge in [-0.2, -0.15) is 0 Å². The first-order valence-corrected chi connectivity index (χ1v) is 12.0. The molecule has 0 saturated carbocycles. The van der Waals surface area contributed by atoms with Crippen molar-refractivity contribution in [2.45, 2.75) is 9.79 Å². The van der Waals surface area contributed by atoms with Gasteiger partial charge < -0.3 is 4.74 Å². The summed E-state index contributed by atoms with van der Waals surface area (Å²) in [6.45, 7) is -0.501. The number of carbonyl (C=O) groups is 2. The average molecular weight is 455 g/mol. The fraction of sp³-hybridized carbons (Fsp3) is 0.0909. The quantitative estimate of drug-likeness (QED) is 0.585. The maximum absolute atomic E-state index is 13.1. The zero-order valence-electron chi connectivity index (χ0n) is 16.4. The number of amides is 1. The fourth-order valence-electron chi connectivity index (χ4n) is 3.19. The zero-order chi connectivity index (χ0) is 22.0. The van der Waals surface area contributed by atoms with Crippen molar-refractivity contribution in [2.75, 3.05) is 22.5 Å². The first-order chi connectivity index (χ1) is 14.8. The average Bonchev–Trinajstić information content (AvgIpc) is 2.74.